The van der Waals surface area contributed by atoms with Crippen molar-refractivity contribution in [2.24, 2.45) is 5.92 Å². The Hall–Kier alpha value is -1.50. The van der Waals surface area contributed by atoms with Crippen LogP contribution in [0, 0.1) is 5.92 Å². The molecule has 1 saturated heterocycles. The van der Waals surface area contributed by atoms with E-state index in [0.717, 1.165) is 0 Å². The lowest BCUT2D eigenvalue weighted by Gasteiger charge is -2.48. The van der Waals surface area contributed by atoms with Crippen LogP contribution in [-0.4, -0.2) is 45.6 Å². The van der Waals surface area contributed by atoms with Crippen LogP contribution in [0.4, 0.5) is 0 Å². The molecule has 1 fully saturated rings. The second kappa shape index (κ2) is 4.64. The summed E-state index contributed by atoms with van der Waals surface area (Å²) in [5.74, 6) is -1.50. The molecule has 1 amide bonds. The highest BCUT2D eigenvalue weighted by Crippen LogP contribution is 2.43. The molecule has 2 aliphatic heterocycles. The van der Waals surface area contributed by atoms with Crippen LogP contribution in [0.5, 0.6) is 0 Å². The molecule has 2 unspecified atom stereocenters. The van der Waals surface area contributed by atoms with Gasteiger partial charge in [-0.3, -0.25) is 14.5 Å². The van der Waals surface area contributed by atoms with Gasteiger partial charge in [0.2, 0.25) is 5.91 Å². The molecule has 0 aromatic carbocycles. The third-order valence-corrected chi connectivity index (χ3v) is 4.44. The SMILES string of the molecule is CC(=O)OCC1=C(C(=O)O)N2C(=O)C(C)C2SC1. The molecule has 6 nitrogen and oxygen atoms in total. The third-order valence-electron chi connectivity index (χ3n) is 2.97. The summed E-state index contributed by atoms with van der Waals surface area (Å²) in [6, 6.07) is 0. The maximum absolute atomic E-state index is 11.7. The molecule has 2 aliphatic rings. The van der Waals surface area contributed by atoms with Crippen LogP contribution < -0.4 is 0 Å². The number of ether oxygens (including phenoxy) is 1. The molecule has 18 heavy (non-hydrogen) atoms. The van der Waals surface area contributed by atoms with Gasteiger partial charge in [-0.15, -0.1) is 11.8 Å². The number of rotatable bonds is 3. The van der Waals surface area contributed by atoms with Gasteiger partial charge in [-0.1, -0.05) is 6.92 Å². The second-order valence-corrected chi connectivity index (χ2v) is 5.34. The van der Waals surface area contributed by atoms with E-state index < -0.39 is 11.9 Å². The topological polar surface area (TPSA) is 83.9 Å². The predicted molar refractivity (Wildman–Crippen MR) is 63.6 cm³/mol. The Morgan fingerprint density at radius 1 is 1.56 bits per heavy atom. The number of thioether (sulfide) groups is 1. The molecule has 0 aliphatic carbocycles. The smallest absolute Gasteiger partial charge is 0.352 e. The zero-order valence-electron chi connectivity index (χ0n) is 10.0. The first-order valence-corrected chi connectivity index (χ1v) is 6.51. The van der Waals surface area contributed by atoms with Crippen molar-refractivity contribution >= 4 is 29.6 Å². The number of aliphatic carboxylic acids is 1. The van der Waals surface area contributed by atoms with E-state index in [0.29, 0.717) is 11.3 Å². The number of hydrogen-bond donors (Lipinski definition) is 1. The van der Waals surface area contributed by atoms with Crippen LogP contribution in [0.3, 0.4) is 0 Å². The molecule has 0 saturated carbocycles. The van der Waals surface area contributed by atoms with E-state index in [1.54, 1.807) is 6.92 Å². The van der Waals surface area contributed by atoms with Crippen molar-refractivity contribution in [1.82, 2.24) is 4.90 Å². The number of hydrogen-bond acceptors (Lipinski definition) is 5. The quantitative estimate of drug-likeness (QED) is 0.592. The minimum Gasteiger partial charge on any atom is -0.477 e. The summed E-state index contributed by atoms with van der Waals surface area (Å²) in [6.45, 7) is 2.97. The van der Waals surface area contributed by atoms with Crippen molar-refractivity contribution in [2.75, 3.05) is 12.4 Å². The second-order valence-electron chi connectivity index (χ2n) is 4.24. The van der Waals surface area contributed by atoms with E-state index in [1.165, 1.54) is 23.6 Å². The van der Waals surface area contributed by atoms with Crippen molar-refractivity contribution in [1.29, 1.82) is 0 Å². The fourth-order valence-corrected chi connectivity index (χ4v) is 3.40. The monoisotopic (exact) mass is 271 g/mol. The lowest BCUT2D eigenvalue weighted by atomic mass is 9.98. The summed E-state index contributed by atoms with van der Waals surface area (Å²) in [6.07, 6.45) is 0. The molecular weight excluding hydrogens is 258 g/mol. The Morgan fingerprint density at radius 3 is 2.78 bits per heavy atom. The highest BCUT2D eigenvalue weighted by molar-refractivity contribution is 8.00. The lowest BCUT2D eigenvalue weighted by molar-refractivity contribution is -0.151. The highest BCUT2D eigenvalue weighted by atomic mass is 32.2. The van der Waals surface area contributed by atoms with E-state index in [9.17, 15) is 19.5 Å². The minimum atomic E-state index is -1.15. The van der Waals surface area contributed by atoms with E-state index in [1.807, 2.05) is 0 Å². The van der Waals surface area contributed by atoms with Gasteiger partial charge in [-0.25, -0.2) is 4.79 Å². The Morgan fingerprint density at radius 2 is 2.22 bits per heavy atom. The first-order valence-electron chi connectivity index (χ1n) is 5.47. The normalized spacial score (nSPS) is 26.6. The third kappa shape index (κ3) is 1.98. The van der Waals surface area contributed by atoms with Crippen molar-refractivity contribution in [3.8, 4) is 0 Å². The first kappa shape index (κ1) is 12.9. The van der Waals surface area contributed by atoms with Gasteiger partial charge < -0.3 is 9.84 Å². The number of carboxylic acids is 1. The van der Waals surface area contributed by atoms with Crippen LogP contribution >= 0.6 is 11.8 Å². The number of carboxylic acid groups (broad SMARTS) is 1. The summed E-state index contributed by atoms with van der Waals surface area (Å²) in [5, 5.41) is 9.09. The maximum Gasteiger partial charge on any atom is 0.352 e. The molecule has 98 valence electrons. The van der Waals surface area contributed by atoms with Gasteiger partial charge in [0.1, 0.15) is 12.3 Å². The lowest BCUT2D eigenvalue weighted by Crippen LogP contribution is -2.60. The number of esters is 1. The van der Waals surface area contributed by atoms with E-state index in [-0.39, 0.29) is 29.5 Å². The number of amides is 1. The molecule has 2 rings (SSSR count). The number of carbonyl (C=O) groups is 3. The van der Waals surface area contributed by atoms with Gasteiger partial charge in [0.15, 0.2) is 0 Å². The Kier molecular flexibility index (Phi) is 3.34. The standard InChI is InChI=1S/C11H13NO5S/c1-5-9(14)12-8(11(15)16)7(3-17-6(2)13)4-18-10(5)12/h5,10H,3-4H2,1-2H3,(H,15,16). The van der Waals surface area contributed by atoms with Gasteiger partial charge in [0.05, 0.1) is 11.3 Å². The predicted octanol–water partition coefficient (Wildman–Crippen LogP) is 0.439. The van der Waals surface area contributed by atoms with E-state index in [2.05, 4.69) is 0 Å². The average Bonchev–Trinajstić information content (AvgIpc) is 2.33. The van der Waals surface area contributed by atoms with Crippen molar-refractivity contribution < 1.29 is 24.2 Å². The zero-order chi connectivity index (χ0) is 13.4. The van der Waals surface area contributed by atoms with E-state index >= 15 is 0 Å². The Bertz CT molecular complexity index is 458. The summed E-state index contributed by atoms with van der Waals surface area (Å²) in [7, 11) is 0. The van der Waals surface area contributed by atoms with Gasteiger partial charge in [0, 0.05) is 18.2 Å². The van der Waals surface area contributed by atoms with Gasteiger partial charge in [0.25, 0.3) is 0 Å². The first-order chi connectivity index (χ1) is 8.43. The average molecular weight is 271 g/mol. The fourth-order valence-electron chi connectivity index (χ4n) is 2.04. The molecule has 0 bridgehead atoms. The Balaban J connectivity index is 2.26. The molecular formula is C11H13NO5S. The van der Waals surface area contributed by atoms with Crippen LogP contribution in [0.1, 0.15) is 13.8 Å². The number of carbonyl (C=O) groups excluding carboxylic acids is 2. The fraction of sp³-hybridized carbons (Fsp3) is 0.545. The molecule has 0 aromatic rings. The van der Waals surface area contributed by atoms with Crippen molar-refractivity contribution in [3.05, 3.63) is 11.3 Å². The highest BCUT2D eigenvalue weighted by Gasteiger charge is 2.51. The number of β-lactam (4-membered cyclic amide) rings is 1. The molecule has 2 heterocycles. The van der Waals surface area contributed by atoms with Crippen LogP contribution in [0.15, 0.2) is 11.3 Å². The molecule has 0 spiro atoms. The maximum atomic E-state index is 11.7. The molecule has 2 atom stereocenters. The summed E-state index contributed by atoms with van der Waals surface area (Å²) >= 11 is 1.50. The van der Waals surface area contributed by atoms with Crippen LogP contribution in [0.25, 0.3) is 0 Å². The van der Waals surface area contributed by atoms with Gasteiger partial charge in [-0.05, 0) is 0 Å². The summed E-state index contributed by atoms with van der Waals surface area (Å²) < 4.78 is 4.82. The molecule has 7 heteroatoms. The van der Waals surface area contributed by atoms with Gasteiger partial charge in [-0.2, -0.15) is 0 Å². The molecule has 0 radical (unpaired) electrons. The molecule has 0 aromatic heterocycles. The largest absolute Gasteiger partial charge is 0.477 e. The minimum absolute atomic E-state index is 0.0249. The van der Waals surface area contributed by atoms with Crippen LogP contribution in [0.2, 0.25) is 0 Å². The number of fused-ring (bicyclic) bond motifs is 1. The van der Waals surface area contributed by atoms with Crippen molar-refractivity contribution in [2.45, 2.75) is 19.2 Å². The Labute approximate surface area is 108 Å². The summed E-state index contributed by atoms with van der Waals surface area (Å²) in [5.41, 5.74) is 0.447. The van der Waals surface area contributed by atoms with Crippen LogP contribution in [-0.2, 0) is 19.1 Å². The number of nitrogens with zero attached hydrogens (tertiary/aromatic N) is 1. The van der Waals surface area contributed by atoms with E-state index in [4.69, 9.17) is 4.74 Å². The zero-order valence-corrected chi connectivity index (χ0v) is 10.8. The molecule has 1 N–H and O–H groups in total. The van der Waals surface area contributed by atoms with Crippen molar-refractivity contribution in [3.63, 3.8) is 0 Å². The van der Waals surface area contributed by atoms with Gasteiger partial charge >= 0.3 is 11.9 Å². The summed E-state index contributed by atoms with van der Waals surface area (Å²) in [4.78, 5) is 35.0.